The van der Waals surface area contributed by atoms with Crippen LogP contribution in [0.2, 0.25) is 0 Å². The Morgan fingerprint density at radius 2 is 1.40 bits per heavy atom. The Labute approximate surface area is 361 Å². The van der Waals surface area contributed by atoms with Crippen LogP contribution in [-0.2, 0) is 56.1 Å². The van der Waals surface area contributed by atoms with Gasteiger partial charge in [0.15, 0.2) is 5.71 Å². The highest BCUT2D eigenvalue weighted by Crippen LogP contribution is 2.54. The third kappa shape index (κ3) is 9.23. The molecule has 0 saturated heterocycles. The number of hydrogen-bond donors (Lipinski definition) is 5. The number of allylic oxidation sites excluding steroid dienone is 4. The summed E-state index contributed by atoms with van der Waals surface area (Å²) in [6.07, 6.45) is 8.22. The van der Waals surface area contributed by atoms with Crippen molar-refractivity contribution in [1.82, 2.24) is 0 Å². The standard InChI is InChI=1S/C42H48N2O14S4/c1-5-20-42(4)37(44(22-10-23-59(47,48)49)34-18-15-27-14-16-28(60(50,51)52)24-31(27)40(34)42)12-9-11-36-41(2,3)39-32-25-29(61(53,54)55)26-35(62(56,57)58)30(32)17-19-33(39)43(36)21-8-6-7-13-38(45)46/h9,11-12,14-19,24-26H,5-8,10,13,20-23H2,1-4H3,(H4-,45,46,47,48,49,50,51,52,53,54,55,56,57,58)/p+1. The average molecular weight is 934 g/mol. The van der Waals surface area contributed by atoms with E-state index in [2.05, 4.69) is 0 Å². The molecule has 1 atom stereocenters. The van der Waals surface area contributed by atoms with Crippen LogP contribution in [0.3, 0.4) is 0 Å². The number of nitrogens with zero attached hydrogens (tertiary/aromatic N) is 2. The molecule has 0 spiro atoms. The number of carbonyl (C=O) groups is 1. The Hall–Kier alpha value is -4.54. The average Bonchev–Trinajstić information content (AvgIpc) is 3.51. The minimum absolute atomic E-state index is 0.0180. The topological polar surface area (TPSA) is 261 Å². The number of fused-ring (bicyclic) bond motifs is 6. The molecular formula is C42H49N2O14S4+. The lowest BCUT2D eigenvalue weighted by atomic mass is 9.75. The second kappa shape index (κ2) is 16.9. The van der Waals surface area contributed by atoms with E-state index in [0.29, 0.717) is 78.1 Å². The van der Waals surface area contributed by atoms with Gasteiger partial charge in [0, 0.05) is 59.3 Å². The summed E-state index contributed by atoms with van der Waals surface area (Å²) in [7, 11) is -18.8. The number of hydrogen-bond acceptors (Lipinski definition) is 10. The first-order valence-electron chi connectivity index (χ1n) is 19.8. The van der Waals surface area contributed by atoms with E-state index in [1.54, 1.807) is 24.3 Å². The number of carboxylic acid groups (broad SMARTS) is 1. The van der Waals surface area contributed by atoms with Gasteiger partial charge in [0.1, 0.15) is 11.4 Å². The summed E-state index contributed by atoms with van der Waals surface area (Å²) < 4.78 is 140. The normalized spacial score (nSPS) is 18.7. The molecule has 4 aromatic rings. The Bertz CT molecular complexity index is 3060. The van der Waals surface area contributed by atoms with Crippen molar-refractivity contribution in [3.8, 4) is 0 Å². The van der Waals surface area contributed by atoms with E-state index in [0.717, 1.165) is 17.3 Å². The van der Waals surface area contributed by atoms with Gasteiger partial charge in [-0.3, -0.25) is 23.0 Å². The third-order valence-electron chi connectivity index (χ3n) is 11.8. The summed E-state index contributed by atoms with van der Waals surface area (Å²) in [5.74, 6) is -1.45. The molecule has 0 saturated carbocycles. The van der Waals surface area contributed by atoms with Crippen LogP contribution in [0.1, 0.15) is 83.8 Å². The minimum atomic E-state index is -4.99. The molecular weight excluding hydrogens is 885 g/mol. The summed E-state index contributed by atoms with van der Waals surface area (Å²) in [5, 5.41) is 10.6. The molecule has 1 unspecified atom stereocenters. The first-order chi connectivity index (χ1) is 28.7. The fraction of sp³-hybridized carbons (Fsp3) is 0.381. The first-order valence-corrected chi connectivity index (χ1v) is 25.7. The number of unbranched alkanes of at least 4 members (excludes halogenated alkanes) is 2. The molecule has 0 aliphatic carbocycles. The van der Waals surface area contributed by atoms with Crippen LogP contribution in [-0.4, -0.2) is 92.1 Å². The largest absolute Gasteiger partial charge is 0.481 e. The zero-order valence-electron chi connectivity index (χ0n) is 34.4. The first kappa shape index (κ1) is 47.0. The van der Waals surface area contributed by atoms with Crippen molar-refractivity contribution in [2.75, 3.05) is 23.7 Å². The summed E-state index contributed by atoms with van der Waals surface area (Å²) in [4.78, 5) is 11.4. The van der Waals surface area contributed by atoms with Crippen LogP contribution in [0.15, 0.2) is 93.2 Å². The second-order valence-electron chi connectivity index (χ2n) is 16.4. The van der Waals surface area contributed by atoms with Crippen molar-refractivity contribution in [2.45, 2.75) is 98.2 Å². The Kier molecular flexibility index (Phi) is 12.8. The van der Waals surface area contributed by atoms with Gasteiger partial charge in [0.2, 0.25) is 5.69 Å². The van der Waals surface area contributed by atoms with Gasteiger partial charge >= 0.3 is 5.97 Å². The lowest BCUT2D eigenvalue weighted by molar-refractivity contribution is -0.438. The van der Waals surface area contributed by atoms with E-state index in [4.69, 9.17) is 0 Å². The summed E-state index contributed by atoms with van der Waals surface area (Å²) in [6.45, 7) is 8.19. The van der Waals surface area contributed by atoms with Crippen molar-refractivity contribution in [3.63, 3.8) is 0 Å². The number of carboxylic acids is 1. The van der Waals surface area contributed by atoms with Gasteiger partial charge in [-0.2, -0.15) is 38.2 Å². The van der Waals surface area contributed by atoms with Crippen LogP contribution in [0.25, 0.3) is 21.5 Å². The smallest absolute Gasteiger partial charge is 0.303 e. The SMILES string of the molecule is CCCC1(C)/C(=C\C=C\C2=[N+](CCCCCC(=O)O)c3ccc4c(S(=O)(=O)O)cc(S(=O)(=O)O)cc4c3C2(C)C)N(CCCS(=O)(=O)O)c2ccc3ccc(S(=O)(=O)O)cc3c21. The monoisotopic (exact) mass is 933 g/mol. The molecule has 5 N–H and O–H groups in total. The van der Waals surface area contributed by atoms with Crippen molar-refractivity contribution in [1.29, 1.82) is 0 Å². The lowest BCUT2D eigenvalue weighted by Gasteiger charge is -2.30. The molecule has 0 radical (unpaired) electrons. The maximum Gasteiger partial charge on any atom is 0.303 e. The molecule has 16 nitrogen and oxygen atoms in total. The van der Waals surface area contributed by atoms with Gasteiger partial charge in [-0.05, 0) is 111 Å². The highest BCUT2D eigenvalue weighted by Gasteiger charge is 2.47. The molecule has 0 bridgehead atoms. The van der Waals surface area contributed by atoms with Crippen LogP contribution in [0.5, 0.6) is 0 Å². The van der Waals surface area contributed by atoms with E-state index < -0.39 is 72.8 Å². The zero-order valence-corrected chi connectivity index (χ0v) is 37.7. The molecule has 2 heterocycles. The van der Waals surface area contributed by atoms with E-state index in [1.807, 2.05) is 55.4 Å². The summed E-state index contributed by atoms with van der Waals surface area (Å²) in [6, 6.07) is 13.0. The highest BCUT2D eigenvalue weighted by atomic mass is 32.2. The van der Waals surface area contributed by atoms with E-state index in [-0.39, 0.29) is 35.1 Å². The number of benzene rings is 4. The van der Waals surface area contributed by atoms with Crippen molar-refractivity contribution in [2.24, 2.45) is 0 Å². The number of rotatable bonds is 17. The zero-order chi connectivity index (χ0) is 45.8. The van der Waals surface area contributed by atoms with Crippen molar-refractivity contribution >= 4 is 85.1 Å². The molecule has 4 aromatic carbocycles. The van der Waals surface area contributed by atoms with Crippen LogP contribution in [0, 0.1) is 0 Å². The Morgan fingerprint density at radius 3 is 2.02 bits per heavy atom. The molecule has 2 aliphatic heterocycles. The predicted octanol–water partition coefficient (Wildman–Crippen LogP) is 7.05. The molecule has 334 valence electrons. The Balaban J connectivity index is 1.56. The van der Waals surface area contributed by atoms with Crippen LogP contribution >= 0.6 is 0 Å². The number of anilines is 1. The quantitative estimate of drug-likeness (QED) is 0.0404. The van der Waals surface area contributed by atoms with Gasteiger partial charge in [0.25, 0.3) is 40.5 Å². The van der Waals surface area contributed by atoms with Crippen molar-refractivity contribution < 1.29 is 66.4 Å². The molecule has 6 rings (SSSR count). The van der Waals surface area contributed by atoms with Gasteiger partial charge in [-0.15, -0.1) is 0 Å². The van der Waals surface area contributed by atoms with Gasteiger partial charge in [0.05, 0.1) is 21.0 Å². The fourth-order valence-electron chi connectivity index (χ4n) is 9.18. The third-order valence-corrected chi connectivity index (χ3v) is 15.1. The maximum absolute atomic E-state index is 12.6. The minimum Gasteiger partial charge on any atom is -0.481 e. The predicted molar refractivity (Wildman–Crippen MR) is 234 cm³/mol. The lowest BCUT2D eigenvalue weighted by Crippen LogP contribution is -2.30. The Morgan fingerprint density at radius 1 is 0.742 bits per heavy atom. The highest BCUT2D eigenvalue weighted by molar-refractivity contribution is 7.87. The maximum atomic E-state index is 12.6. The van der Waals surface area contributed by atoms with Crippen molar-refractivity contribution in [3.05, 3.63) is 89.6 Å². The van der Waals surface area contributed by atoms with Crippen LogP contribution in [0.4, 0.5) is 11.4 Å². The molecule has 0 fully saturated rings. The summed E-state index contributed by atoms with van der Waals surface area (Å²) >= 11 is 0. The fourth-order valence-corrected chi connectivity index (χ4v) is 11.5. The van der Waals surface area contributed by atoms with E-state index >= 15 is 0 Å². The van der Waals surface area contributed by atoms with Gasteiger partial charge < -0.3 is 10.0 Å². The van der Waals surface area contributed by atoms with Gasteiger partial charge in [-0.25, -0.2) is 0 Å². The second-order valence-corrected chi connectivity index (χ2v) is 22.2. The number of aliphatic carboxylic acids is 1. The van der Waals surface area contributed by atoms with Gasteiger partial charge in [-0.1, -0.05) is 31.6 Å². The molecule has 62 heavy (non-hydrogen) atoms. The van der Waals surface area contributed by atoms with E-state index in [9.17, 15) is 61.8 Å². The molecule has 0 amide bonds. The van der Waals surface area contributed by atoms with Crippen LogP contribution < -0.4 is 4.90 Å². The summed E-state index contributed by atoms with van der Waals surface area (Å²) in [5.41, 5.74) is 2.11. The molecule has 2 aliphatic rings. The molecule has 0 aromatic heterocycles. The van der Waals surface area contributed by atoms with E-state index in [1.165, 1.54) is 18.2 Å². The molecule has 20 heteroatoms.